The standard InChI is InChI=1S/C13H22ClN5O/c1-9-11(14)17-18-12(15-9)16-10-5-4-6-19(7-10)8-13(2,3)20/h10,20H,4-8H2,1-3H3,(H,15,16,18)/t10-/m1/s1. The van der Waals surface area contributed by atoms with Gasteiger partial charge in [-0.25, -0.2) is 4.98 Å². The van der Waals surface area contributed by atoms with Crippen LogP contribution in [-0.4, -0.2) is 56.5 Å². The van der Waals surface area contributed by atoms with Gasteiger partial charge in [0.05, 0.1) is 11.3 Å². The minimum atomic E-state index is -0.670. The predicted octanol–water partition coefficient (Wildman–Crippen LogP) is 1.48. The lowest BCUT2D eigenvalue weighted by Gasteiger charge is -2.36. The van der Waals surface area contributed by atoms with Crippen LogP contribution in [-0.2, 0) is 0 Å². The monoisotopic (exact) mass is 299 g/mol. The van der Waals surface area contributed by atoms with E-state index in [1.54, 1.807) is 0 Å². The first-order valence-corrected chi connectivity index (χ1v) is 7.29. The van der Waals surface area contributed by atoms with E-state index in [-0.39, 0.29) is 6.04 Å². The zero-order valence-corrected chi connectivity index (χ0v) is 13.0. The van der Waals surface area contributed by atoms with Crippen LogP contribution in [0.2, 0.25) is 5.15 Å². The number of aromatic nitrogens is 3. The molecule has 0 spiro atoms. The molecule has 0 aromatic carbocycles. The molecule has 1 fully saturated rings. The molecule has 7 heteroatoms. The average molecular weight is 300 g/mol. The number of hydrogen-bond donors (Lipinski definition) is 2. The molecule has 2 rings (SSSR count). The highest BCUT2D eigenvalue weighted by atomic mass is 35.5. The quantitative estimate of drug-likeness (QED) is 0.877. The SMILES string of the molecule is Cc1nc(N[C@@H]2CCCN(CC(C)(C)O)C2)nnc1Cl. The smallest absolute Gasteiger partial charge is 0.243 e. The van der Waals surface area contributed by atoms with Crippen LogP contribution in [0.5, 0.6) is 0 Å². The van der Waals surface area contributed by atoms with Crippen molar-refractivity contribution in [3.63, 3.8) is 0 Å². The molecule has 1 aliphatic rings. The third-order valence-electron chi connectivity index (χ3n) is 3.25. The third kappa shape index (κ3) is 4.54. The van der Waals surface area contributed by atoms with Crippen LogP contribution in [0, 0.1) is 6.92 Å². The molecule has 6 nitrogen and oxygen atoms in total. The number of β-amino-alcohol motifs (C(OH)–C–C–N with tert-alkyl or cyclic N) is 1. The molecule has 0 unspecified atom stereocenters. The van der Waals surface area contributed by atoms with Gasteiger partial charge in [0.2, 0.25) is 5.95 Å². The van der Waals surface area contributed by atoms with Crippen molar-refractivity contribution in [1.82, 2.24) is 20.1 Å². The Morgan fingerprint density at radius 1 is 1.45 bits per heavy atom. The molecular weight excluding hydrogens is 278 g/mol. The Kier molecular flexibility index (Phi) is 4.78. The van der Waals surface area contributed by atoms with E-state index in [9.17, 15) is 5.11 Å². The van der Waals surface area contributed by atoms with Gasteiger partial charge in [-0.05, 0) is 40.2 Å². The molecule has 0 radical (unpaired) electrons. The van der Waals surface area contributed by atoms with E-state index in [0.717, 1.165) is 25.9 Å². The lowest BCUT2D eigenvalue weighted by molar-refractivity contribution is 0.0286. The molecule has 2 N–H and O–H groups in total. The van der Waals surface area contributed by atoms with Gasteiger partial charge in [0.1, 0.15) is 0 Å². The number of aryl methyl sites for hydroxylation is 1. The van der Waals surface area contributed by atoms with Gasteiger partial charge in [-0.1, -0.05) is 11.6 Å². The van der Waals surface area contributed by atoms with Crippen molar-refractivity contribution in [1.29, 1.82) is 0 Å². The van der Waals surface area contributed by atoms with Gasteiger partial charge < -0.3 is 10.4 Å². The lowest BCUT2D eigenvalue weighted by atomic mass is 10.0. The van der Waals surface area contributed by atoms with Crippen molar-refractivity contribution in [2.45, 2.75) is 45.3 Å². The largest absolute Gasteiger partial charge is 0.389 e. The van der Waals surface area contributed by atoms with Crippen LogP contribution < -0.4 is 5.32 Å². The number of anilines is 1. The second-order valence-electron chi connectivity index (χ2n) is 6.04. The molecule has 1 saturated heterocycles. The molecule has 1 aromatic rings. The number of nitrogens with zero attached hydrogens (tertiary/aromatic N) is 4. The van der Waals surface area contributed by atoms with Crippen LogP contribution in [0.15, 0.2) is 0 Å². The summed E-state index contributed by atoms with van der Waals surface area (Å²) in [4.78, 5) is 6.54. The Hall–Kier alpha value is -0.980. The van der Waals surface area contributed by atoms with Gasteiger partial charge >= 0.3 is 0 Å². The summed E-state index contributed by atoms with van der Waals surface area (Å²) in [6, 6.07) is 0.272. The number of likely N-dealkylation sites (tertiary alicyclic amines) is 1. The summed E-state index contributed by atoms with van der Waals surface area (Å²) in [5.74, 6) is 0.516. The number of aliphatic hydroxyl groups is 1. The van der Waals surface area contributed by atoms with Crippen LogP contribution in [0.4, 0.5) is 5.95 Å². The fourth-order valence-electron chi connectivity index (χ4n) is 2.50. The summed E-state index contributed by atoms with van der Waals surface area (Å²) in [5.41, 5.74) is 0.00454. The molecule has 1 atom stereocenters. The Bertz CT molecular complexity index is 463. The highest BCUT2D eigenvalue weighted by Crippen LogP contribution is 2.17. The summed E-state index contributed by atoms with van der Waals surface area (Å²) in [7, 11) is 0. The van der Waals surface area contributed by atoms with Crippen LogP contribution in [0.25, 0.3) is 0 Å². The fraction of sp³-hybridized carbons (Fsp3) is 0.769. The number of rotatable bonds is 4. The Morgan fingerprint density at radius 3 is 2.85 bits per heavy atom. The van der Waals surface area contributed by atoms with Crippen molar-refractivity contribution in [2.24, 2.45) is 0 Å². The molecule has 112 valence electrons. The van der Waals surface area contributed by atoms with Crippen LogP contribution >= 0.6 is 11.6 Å². The Balaban J connectivity index is 1.94. The highest BCUT2D eigenvalue weighted by Gasteiger charge is 2.25. The van der Waals surface area contributed by atoms with Crippen molar-refractivity contribution >= 4 is 17.5 Å². The van der Waals surface area contributed by atoms with Gasteiger partial charge in [0.15, 0.2) is 5.15 Å². The first kappa shape index (κ1) is 15.4. The minimum absolute atomic E-state index is 0.272. The maximum atomic E-state index is 9.90. The van der Waals surface area contributed by atoms with Crippen molar-refractivity contribution in [3.8, 4) is 0 Å². The first-order chi connectivity index (χ1) is 9.33. The van der Waals surface area contributed by atoms with E-state index in [4.69, 9.17) is 11.6 Å². The zero-order chi connectivity index (χ0) is 14.8. The normalized spacial score (nSPS) is 20.9. The number of nitrogens with one attached hydrogen (secondary N) is 1. The summed E-state index contributed by atoms with van der Waals surface area (Å²) in [6.45, 7) is 8.03. The van der Waals surface area contributed by atoms with E-state index in [1.807, 2.05) is 20.8 Å². The van der Waals surface area contributed by atoms with Gasteiger partial charge in [-0.15, -0.1) is 10.2 Å². The van der Waals surface area contributed by atoms with E-state index < -0.39 is 5.60 Å². The number of piperidine rings is 1. The summed E-state index contributed by atoms with van der Waals surface area (Å²) in [6.07, 6.45) is 2.15. The molecule has 1 aromatic heterocycles. The molecule has 20 heavy (non-hydrogen) atoms. The lowest BCUT2D eigenvalue weighted by Crippen LogP contribution is -2.47. The van der Waals surface area contributed by atoms with Crippen LogP contribution in [0.1, 0.15) is 32.4 Å². The predicted molar refractivity (Wildman–Crippen MR) is 79.0 cm³/mol. The van der Waals surface area contributed by atoms with Crippen molar-refractivity contribution < 1.29 is 5.11 Å². The van der Waals surface area contributed by atoms with E-state index >= 15 is 0 Å². The molecular formula is C13H22ClN5O. The third-order valence-corrected chi connectivity index (χ3v) is 3.60. The first-order valence-electron chi connectivity index (χ1n) is 6.91. The Morgan fingerprint density at radius 2 is 2.20 bits per heavy atom. The van der Waals surface area contributed by atoms with Crippen LogP contribution in [0.3, 0.4) is 0 Å². The maximum Gasteiger partial charge on any atom is 0.243 e. The van der Waals surface area contributed by atoms with E-state index in [1.165, 1.54) is 0 Å². The molecule has 0 bridgehead atoms. The molecule has 2 heterocycles. The number of halogens is 1. The molecule has 0 saturated carbocycles. The molecule has 1 aliphatic heterocycles. The summed E-state index contributed by atoms with van der Waals surface area (Å²) >= 11 is 5.82. The van der Waals surface area contributed by atoms with E-state index in [2.05, 4.69) is 25.4 Å². The summed E-state index contributed by atoms with van der Waals surface area (Å²) < 4.78 is 0. The van der Waals surface area contributed by atoms with Gasteiger partial charge in [0.25, 0.3) is 0 Å². The zero-order valence-electron chi connectivity index (χ0n) is 12.2. The topological polar surface area (TPSA) is 74.2 Å². The minimum Gasteiger partial charge on any atom is -0.389 e. The van der Waals surface area contributed by atoms with Crippen molar-refractivity contribution in [3.05, 3.63) is 10.8 Å². The highest BCUT2D eigenvalue weighted by molar-refractivity contribution is 6.29. The molecule has 0 aliphatic carbocycles. The number of hydrogen-bond acceptors (Lipinski definition) is 6. The van der Waals surface area contributed by atoms with E-state index in [0.29, 0.717) is 23.3 Å². The Labute approximate surface area is 124 Å². The van der Waals surface area contributed by atoms with Gasteiger partial charge in [-0.2, -0.15) is 0 Å². The second kappa shape index (κ2) is 6.20. The average Bonchev–Trinajstić information content (AvgIpc) is 2.32. The molecule has 0 amide bonds. The van der Waals surface area contributed by atoms with Crippen molar-refractivity contribution in [2.75, 3.05) is 25.0 Å². The maximum absolute atomic E-state index is 9.90. The second-order valence-corrected chi connectivity index (χ2v) is 6.40. The summed E-state index contributed by atoms with van der Waals surface area (Å²) in [5, 5.41) is 21.4. The van der Waals surface area contributed by atoms with Gasteiger partial charge in [-0.3, -0.25) is 4.90 Å². The fourth-order valence-corrected chi connectivity index (χ4v) is 2.58. The van der Waals surface area contributed by atoms with Gasteiger partial charge in [0, 0.05) is 19.1 Å².